The first-order valence-electron chi connectivity index (χ1n) is 8.57. The number of rotatable bonds is 6. The van der Waals surface area contributed by atoms with Crippen LogP contribution in [0.25, 0.3) is 0 Å². The third kappa shape index (κ3) is 7.03. The van der Waals surface area contributed by atoms with E-state index in [1.54, 1.807) is 51.2 Å². The second kappa shape index (κ2) is 9.36. The van der Waals surface area contributed by atoms with E-state index in [1.165, 1.54) is 7.11 Å². The predicted molar refractivity (Wildman–Crippen MR) is 104 cm³/mol. The van der Waals surface area contributed by atoms with Gasteiger partial charge in [-0.25, -0.2) is 14.8 Å². The summed E-state index contributed by atoms with van der Waals surface area (Å²) in [5.74, 6) is 0.0694. The number of pyridine rings is 2. The molecule has 2 heterocycles. The maximum Gasteiger partial charge on any atom is 0.407 e. The number of carbonyl (C=O) groups is 2. The lowest BCUT2D eigenvalue weighted by atomic mass is 10.2. The van der Waals surface area contributed by atoms with Crippen molar-refractivity contribution in [2.45, 2.75) is 39.5 Å². The maximum atomic E-state index is 12.4. The average Bonchev–Trinajstić information content (AvgIpc) is 2.63. The number of alkyl carbamates (subject to hydrolysis) is 1. The summed E-state index contributed by atoms with van der Waals surface area (Å²) >= 11 is 6.01. The first-order chi connectivity index (χ1) is 13.2. The molecule has 28 heavy (non-hydrogen) atoms. The van der Waals surface area contributed by atoms with Gasteiger partial charge in [0.2, 0.25) is 5.88 Å². The lowest BCUT2D eigenvalue weighted by Gasteiger charge is -2.19. The molecule has 0 aromatic carbocycles. The van der Waals surface area contributed by atoms with Crippen LogP contribution < -0.4 is 15.4 Å². The van der Waals surface area contributed by atoms with E-state index in [4.69, 9.17) is 21.1 Å². The molecular formula is C19H23ClN4O4. The number of nitrogens with one attached hydrogen (secondary N) is 2. The molecule has 0 fully saturated rings. The molecule has 150 valence electrons. The molecule has 8 nitrogen and oxygen atoms in total. The Morgan fingerprint density at radius 2 is 1.82 bits per heavy atom. The highest BCUT2D eigenvalue weighted by Gasteiger charge is 2.16. The van der Waals surface area contributed by atoms with Crippen molar-refractivity contribution in [3.63, 3.8) is 0 Å². The zero-order chi connectivity index (χ0) is 20.7. The number of methoxy groups -OCH3 is 1. The molecule has 0 saturated carbocycles. The second-order valence-electron chi connectivity index (χ2n) is 6.93. The fourth-order valence-electron chi connectivity index (χ4n) is 2.20. The van der Waals surface area contributed by atoms with Crippen LogP contribution in [0.3, 0.4) is 0 Å². The monoisotopic (exact) mass is 406 g/mol. The Balaban J connectivity index is 1.99. The standard InChI is InChI=1S/C19H23ClN4O4/c1-19(2,3)28-18(26)23-11-13-7-14(24-15(20)8-13)17(25)22-10-12-5-6-21-16(9-12)27-4/h5-9H,10-11H2,1-4H3,(H,22,25)(H,23,26). The zero-order valence-corrected chi connectivity index (χ0v) is 17.0. The number of ether oxygens (including phenoxy) is 2. The van der Waals surface area contributed by atoms with Crippen molar-refractivity contribution in [2.24, 2.45) is 0 Å². The van der Waals surface area contributed by atoms with Crippen LogP contribution in [0.5, 0.6) is 5.88 Å². The Bertz CT molecular complexity index is 852. The van der Waals surface area contributed by atoms with Crippen molar-refractivity contribution in [1.29, 1.82) is 0 Å². The Labute approximate surface area is 168 Å². The van der Waals surface area contributed by atoms with Crippen LogP contribution in [-0.4, -0.2) is 34.7 Å². The summed E-state index contributed by atoms with van der Waals surface area (Å²) < 4.78 is 10.2. The van der Waals surface area contributed by atoms with E-state index in [1.807, 2.05) is 0 Å². The van der Waals surface area contributed by atoms with Crippen molar-refractivity contribution < 1.29 is 19.1 Å². The predicted octanol–water partition coefficient (Wildman–Crippen LogP) is 3.09. The van der Waals surface area contributed by atoms with Gasteiger partial charge >= 0.3 is 6.09 Å². The molecular weight excluding hydrogens is 384 g/mol. The third-order valence-corrected chi connectivity index (χ3v) is 3.58. The molecule has 0 aliphatic heterocycles. The summed E-state index contributed by atoms with van der Waals surface area (Å²) in [5.41, 5.74) is 1.01. The van der Waals surface area contributed by atoms with Gasteiger partial charge in [0.1, 0.15) is 16.4 Å². The summed E-state index contributed by atoms with van der Waals surface area (Å²) in [6.07, 6.45) is 1.04. The maximum absolute atomic E-state index is 12.4. The minimum atomic E-state index is -0.597. The van der Waals surface area contributed by atoms with E-state index in [2.05, 4.69) is 20.6 Å². The van der Waals surface area contributed by atoms with E-state index >= 15 is 0 Å². The van der Waals surface area contributed by atoms with Crippen LogP contribution in [0.1, 0.15) is 42.4 Å². The summed E-state index contributed by atoms with van der Waals surface area (Å²) in [6.45, 7) is 5.75. The molecule has 0 spiro atoms. The quantitative estimate of drug-likeness (QED) is 0.714. The van der Waals surface area contributed by atoms with Crippen molar-refractivity contribution in [3.8, 4) is 5.88 Å². The van der Waals surface area contributed by atoms with Gasteiger partial charge in [-0.15, -0.1) is 0 Å². The van der Waals surface area contributed by atoms with Gasteiger partial charge in [-0.05, 0) is 50.1 Å². The number of halogens is 1. The highest BCUT2D eigenvalue weighted by molar-refractivity contribution is 6.29. The number of hydrogen-bond acceptors (Lipinski definition) is 6. The normalized spacial score (nSPS) is 10.9. The van der Waals surface area contributed by atoms with Crippen molar-refractivity contribution in [1.82, 2.24) is 20.6 Å². The molecule has 2 N–H and O–H groups in total. The Hall–Kier alpha value is -2.87. The number of aromatic nitrogens is 2. The fourth-order valence-corrected chi connectivity index (χ4v) is 2.43. The zero-order valence-electron chi connectivity index (χ0n) is 16.2. The Kier molecular flexibility index (Phi) is 7.17. The van der Waals surface area contributed by atoms with E-state index < -0.39 is 17.6 Å². The van der Waals surface area contributed by atoms with Crippen LogP contribution in [0.15, 0.2) is 30.5 Å². The lowest BCUT2D eigenvalue weighted by molar-refractivity contribution is 0.0523. The molecule has 2 aromatic heterocycles. The molecule has 0 radical (unpaired) electrons. The highest BCUT2D eigenvalue weighted by atomic mass is 35.5. The van der Waals surface area contributed by atoms with Crippen LogP contribution in [-0.2, 0) is 17.8 Å². The van der Waals surface area contributed by atoms with Gasteiger partial charge in [-0.2, -0.15) is 0 Å². The molecule has 9 heteroatoms. The Morgan fingerprint density at radius 3 is 2.50 bits per heavy atom. The minimum absolute atomic E-state index is 0.148. The highest BCUT2D eigenvalue weighted by Crippen LogP contribution is 2.13. The molecule has 0 saturated heterocycles. The molecule has 2 amide bonds. The molecule has 0 bridgehead atoms. The first-order valence-corrected chi connectivity index (χ1v) is 8.94. The fraction of sp³-hybridized carbons (Fsp3) is 0.368. The molecule has 0 unspecified atom stereocenters. The van der Waals surface area contributed by atoms with Crippen LogP contribution in [0.2, 0.25) is 5.15 Å². The van der Waals surface area contributed by atoms with Gasteiger partial charge in [0, 0.05) is 25.4 Å². The summed E-state index contributed by atoms with van der Waals surface area (Å²) in [5, 5.41) is 5.53. The van der Waals surface area contributed by atoms with Gasteiger partial charge in [-0.3, -0.25) is 4.79 Å². The largest absolute Gasteiger partial charge is 0.481 e. The van der Waals surface area contributed by atoms with Crippen molar-refractivity contribution >= 4 is 23.6 Å². The van der Waals surface area contributed by atoms with Gasteiger partial charge in [0.25, 0.3) is 5.91 Å². The average molecular weight is 407 g/mol. The van der Waals surface area contributed by atoms with Gasteiger partial charge in [0.05, 0.1) is 7.11 Å². The SMILES string of the molecule is COc1cc(CNC(=O)c2cc(CNC(=O)OC(C)(C)C)cc(Cl)n2)ccn1. The summed E-state index contributed by atoms with van der Waals surface area (Å²) in [7, 11) is 1.52. The smallest absolute Gasteiger partial charge is 0.407 e. The van der Waals surface area contributed by atoms with Crippen LogP contribution >= 0.6 is 11.6 Å². The molecule has 2 rings (SSSR count). The molecule has 2 aromatic rings. The van der Waals surface area contributed by atoms with E-state index in [0.29, 0.717) is 11.4 Å². The van der Waals surface area contributed by atoms with E-state index in [9.17, 15) is 9.59 Å². The van der Waals surface area contributed by atoms with E-state index in [-0.39, 0.29) is 23.9 Å². The van der Waals surface area contributed by atoms with Crippen molar-refractivity contribution in [3.05, 3.63) is 52.4 Å². The second-order valence-corrected chi connectivity index (χ2v) is 7.32. The lowest BCUT2D eigenvalue weighted by Crippen LogP contribution is -2.32. The topological polar surface area (TPSA) is 102 Å². The van der Waals surface area contributed by atoms with Crippen LogP contribution in [0, 0.1) is 0 Å². The van der Waals surface area contributed by atoms with Gasteiger partial charge in [-0.1, -0.05) is 11.6 Å². The van der Waals surface area contributed by atoms with Crippen LogP contribution in [0.4, 0.5) is 4.79 Å². The Morgan fingerprint density at radius 1 is 1.11 bits per heavy atom. The number of hydrogen-bond donors (Lipinski definition) is 2. The van der Waals surface area contributed by atoms with Gasteiger partial charge < -0.3 is 20.1 Å². The summed E-state index contributed by atoms with van der Waals surface area (Å²) in [6, 6.07) is 6.63. The molecule has 0 atom stereocenters. The van der Waals surface area contributed by atoms with Crippen molar-refractivity contribution in [2.75, 3.05) is 7.11 Å². The van der Waals surface area contributed by atoms with E-state index in [0.717, 1.165) is 5.56 Å². The molecule has 0 aliphatic rings. The third-order valence-electron chi connectivity index (χ3n) is 3.38. The summed E-state index contributed by atoms with van der Waals surface area (Å²) in [4.78, 5) is 32.2. The van der Waals surface area contributed by atoms with Gasteiger partial charge in [0.15, 0.2) is 0 Å². The first kappa shape index (κ1) is 21.4. The molecule has 0 aliphatic carbocycles. The number of amides is 2. The number of nitrogens with zero attached hydrogens (tertiary/aromatic N) is 2. The minimum Gasteiger partial charge on any atom is -0.481 e. The number of carbonyl (C=O) groups excluding carboxylic acids is 2.